The van der Waals surface area contributed by atoms with Gasteiger partial charge in [0.25, 0.3) is 0 Å². The van der Waals surface area contributed by atoms with Crippen LogP contribution < -0.4 is 5.32 Å². The summed E-state index contributed by atoms with van der Waals surface area (Å²) in [6.07, 6.45) is -2.87. The Labute approximate surface area is 140 Å². The Hall–Kier alpha value is -0.830. The predicted octanol–water partition coefficient (Wildman–Crippen LogP) is 2.81. The smallest absolute Gasteiger partial charge is 0.316 e. The van der Waals surface area contributed by atoms with Crippen molar-refractivity contribution in [3.8, 4) is 0 Å². The first-order chi connectivity index (χ1) is 10.2. The van der Waals surface area contributed by atoms with Crippen LogP contribution in [-0.2, 0) is 16.2 Å². The normalized spacial score (nSPS) is 20.1. The molecule has 1 atom stereocenters. The number of benzene rings is 1. The van der Waals surface area contributed by atoms with Gasteiger partial charge in [-0.1, -0.05) is 0 Å². The molecule has 0 amide bonds. The largest absolute Gasteiger partial charge is 0.416 e. The number of hydrogen-bond acceptors (Lipinski definition) is 3. The molecule has 1 N–H and O–H groups in total. The SMILES string of the molecule is CNC1CCCN(S(=O)(=O)c2ccc(C(F)(F)F)cc2C)C1.Cl. The molecule has 9 heteroatoms. The molecule has 4 nitrogen and oxygen atoms in total. The quantitative estimate of drug-likeness (QED) is 0.887. The van der Waals surface area contributed by atoms with Crippen molar-refractivity contribution in [1.82, 2.24) is 9.62 Å². The van der Waals surface area contributed by atoms with Crippen LogP contribution in [0, 0.1) is 6.92 Å². The van der Waals surface area contributed by atoms with Crippen molar-refractivity contribution < 1.29 is 21.6 Å². The topological polar surface area (TPSA) is 49.4 Å². The molecule has 132 valence electrons. The average molecular weight is 373 g/mol. The van der Waals surface area contributed by atoms with Crippen LogP contribution in [0.3, 0.4) is 0 Å². The molecule has 1 saturated heterocycles. The van der Waals surface area contributed by atoms with E-state index in [2.05, 4.69) is 5.32 Å². The first-order valence-electron chi connectivity index (χ1n) is 7.01. The summed E-state index contributed by atoms with van der Waals surface area (Å²) in [5.41, 5.74) is -0.725. The van der Waals surface area contributed by atoms with E-state index in [0.29, 0.717) is 13.1 Å². The van der Waals surface area contributed by atoms with E-state index in [9.17, 15) is 21.6 Å². The molecule has 1 aromatic carbocycles. The lowest BCUT2D eigenvalue weighted by Crippen LogP contribution is -2.46. The lowest BCUT2D eigenvalue weighted by molar-refractivity contribution is -0.137. The first-order valence-corrected chi connectivity index (χ1v) is 8.45. The van der Waals surface area contributed by atoms with Crippen molar-refractivity contribution in [2.75, 3.05) is 20.1 Å². The standard InChI is InChI=1S/C14H19F3N2O2S.ClH/c1-10-8-11(14(15,16)17)5-6-13(10)22(20,21)19-7-3-4-12(9-19)18-2;/h5-6,8,12,18H,3-4,7,9H2,1-2H3;1H. The summed E-state index contributed by atoms with van der Waals surface area (Å²) in [6, 6.07) is 2.82. The maximum absolute atomic E-state index is 12.7. The Bertz CT molecular complexity index is 650. The number of aryl methyl sites for hydroxylation is 1. The molecule has 23 heavy (non-hydrogen) atoms. The minimum atomic E-state index is -4.48. The summed E-state index contributed by atoms with van der Waals surface area (Å²) in [5.74, 6) is 0. The van der Waals surface area contributed by atoms with Gasteiger partial charge in [-0.2, -0.15) is 17.5 Å². The zero-order valence-electron chi connectivity index (χ0n) is 12.9. The number of halogens is 4. The molecular formula is C14H20ClF3N2O2S. The molecule has 1 fully saturated rings. The predicted molar refractivity (Wildman–Crippen MR) is 84.3 cm³/mol. The highest BCUT2D eigenvalue weighted by Gasteiger charge is 2.34. The van der Waals surface area contributed by atoms with E-state index in [-0.39, 0.29) is 28.9 Å². The molecule has 0 spiro atoms. The number of nitrogens with one attached hydrogen (secondary N) is 1. The van der Waals surface area contributed by atoms with Crippen LogP contribution in [0.4, 0.5) is 13.2 Å². The van der Waals surface area contributed by atoms with Crippen LogP contribution >= 0.6 is 12.4 Å². The van der Waals surface area contributed by atoms with Crippen LogP contribution in [0.2, 0.25) is 0 Å². The third-order valence-corrected chi connectivity index (χ3v) is 5.94. The Morgan fingerprint density at radius 3 is 2.48 bits per heavy atom. The van der Waals surface area contributed by atoms with Crippen molar-refractivity contribution in [1.29, 1.82) is 0 Å². The van der Waals surface area contributed by atoms with E-state index < -0.39 is 21.8 Å². The van der Waals surface area contributed by atoms with Crippen LogP contribution in [0.1, 0.15) is 24.0 Å². The van der Waals surface area contributed by atoms with Gasteiger partial charge in [-0.3, -0.25) is 0 Å². The van der Waals surface area contributed by atoms with Gasteiger partial charge in [-0.05, 0) is 50.6 Å². The number of piperidine rings is 1. The molecule has 0 aromatic heterocycles. The van der Waals surface area contributed by atoms with Crippen molar-refractivity contribution in [3.05, 3.63) is 29.3 Å². The molecule has 1 aromatic rings. The number of alkyl halides is 3. The lowest BCUT2D eigenvalue weighted by atomic mass is 10.1. The van der Waals surface area contributed by atoms with Crippen LogP contribution in [0.5, 0.6) is 0 Å². The number of sulfonamides is 1. The number of nitrogens with zero attached hydrogens (tertiary/aromatic N) is 1. The Kier molecular flexibility index (Phi) is 6.48. The van der Waals surface area contributed by atoms with Gasteiger partial charge in [-0.25, -0.2) is 8.42 Å². The zero-order valence-corrected chi connectivity index (χ0v) is 14.5. The molecule has 0 bridgehead atoms. The molecule has 1 aliphatic heterocycles. The number of rotatable bonds is 3. The summed E-state index contributed by atoms with van der Waals surface area (Å²) in [7, 11) is -2.00. The maximum atomic E-state index is 12.7. The van der Waals surface area contributed by atoms with E-state index in [1.165, 1.54) is 11.2 Å². The van der Waals surface area contributed by atoms with E-state index in [0.717, 1.165) is 31.0 Å². The van der Waals surface area contributed by atoms with E-state index in [1.54, 1.807) is 7.05 Å². The molecule has 1 heterocycles. The van der Waals surface area contributed by atoms with Crippen LogP contribution in [0.25, 0.3) is 0 Å². The van der Waals surface area contributed by atoms with Gasteiger partial charge < -0.3 is 5.32 Å². The third kappa shape index (κ3) is 4.37. The van der Waals surface area contributed by atoms with Gasteiger partial charge >= 0.3 is 6.18 Å². The van der Waals surface area contributed by atoms with Crippen molar-refractivity contribution in [2.45, 2.75) is 36.9 Å². The summed E-state index contributed by atoms with van der Waals surface area (Å²) >= 11 is 0. The Balaban J connectivity index is 0.00000264. The second-order valence-electron chi connectivity index (χ2n) is 5.47. The van der Waals surface area contributed by atoms with Crippen molar-refractivity contribution in [2.24, 2.45) is 0 Å². The van der Waals surface area contributed by atoms with E-state index in [4.69, 9.17) is 0 Å². The molecule has 2 rings (SSSR count). The van der Waals surface area contributed by atoms with Gasteiger partial charge in [0.1, 0.15) is 0 Å². The second kappa shape index (κ2) is 7.38. The first kappa shape index (κ1) is 20.2. The van der Waals surface area contributed by atoms with E-state index in [1.807, 2.05) is 0 Å². The average Bonchev–Trinajstić information content (AvgIpc) is 2.46. The van der Waals surface area contributed by atoms with Gasteiger partial charge in [0.05, 0.1) is 10.5 Å². The fourth-order valence-corrected chi connectivity index (χ4v) is 4.38. The molecule has 1 aliphatic rings. The minimum Gasteiger partial charge on any atom is -0.316 e. The fourth-order valence-electron chi connectivity index (χ4n) is 2.65. The highest BCUT2D eigenvalue weighted by atomic mass is 35.5. The maximum Gasteiger partial charge on any atom is 0.416 e. The summed E-state index contributed by atoms with van der Waals surface area (Å²) in [6.45, 7) is 2.11. The zero-order chi connectivity index (χ0) is 16.5. The van der Waals surface area contributed by atoms with E-state index >= 15 is 0 Å². The van der Waals surface area contributed by atoms with Gasteiger partial charge in [0.2, 0.25) is 10.0 Å². The molecule has 0 aliphatic carbocycles. The second-order valence-corrected chi connectivity index (χ2v) is 7.38. The van der Waals surface area contributed by atoms with Gasteiger partial charge in [-0.15, -0.1) is 12.4 Å². The van der Waals surface area contributed by atoms with Gasteiger partial charge in [0.15, 0.2) is 0 Å². The third-order valence-electron chi connectivity index (χ3n) is 3.91. The van der Waals surface area contributed by atoms with Crippen LogP contribution in [0.15, 0.2) is 23.1 Å². The van der Waals surface area contributed by atoms with Crippen LogP contribution in [-0.4, -0.2) is 38.9 Å². The highest BCUT2D eigenvalue weighted by Crippen LogP contribution is 2.32. The Morgan fingerprint density at radius 2 is 1.96 bits per heavy atom. The Morgan fingerprint density at radius 1 is 1.30 bits per heavy atom. The molecular weight excluding hydrogens is 353 g/mol. The fraction of sp³-hybridized carbons (Fsp3) is 0.571. The summed E-state index contributed by atoms with van der Waals surface area (Å²) < 4.78 is 64.7. The van der Waals surface area contributed by atoms with Gasteiger partial charge in [0, 0.05) is 19.1 Å². The monoisotopic (exact) mass is 372 g/mol. The number of likely N-dealkylation sites (N-methyl/N-ethyl adjacent to an activating group) is 1. The molecule has 1 unspecified atom stereocenters. The molecule has 0 radical (unpaired) electrons. The summed E-state index contributed by atoms with van der Waals surface area (Å²) in [5, 5.41) is 3.05. The lowest BCUT2D eigenvalue weighted by Gasteiger charge is -2.32. The molecule has 0 saturated carbocycles. The summed E-state index contributed by atoms with van der Waals surface area (Å²) in [4.78, 5) is -0.0581. The number of hydrogen-bond donors (Lipinski definition) is 1. The van der Waals surface area contributed by atoms with Crippen molar-refractivity contribution in [3.63, 3.8) is 0 Å². The highest BCUT2D eigenvalue weighted by molar-refractivity contribution is 7.89. The van der Waals surface area contributed by atoms with Crippen molar-refractivity contribution >= 4 is 22.4 Å². The minimum absolute atomic E-state index is 0.